The van der Waals surface area contributed by atoms with E-state index in [-0.39, 0.29) is 11.7 Å². The van der Waals surface area contributed by atoms with Gasteiger partial charge in [0.15, 0.2) is 0 Å². The molecule has 0 heterocycles. The maximum atomic E-state index is 10.7. The Morgan fingerprint density at radius 1 is 1.05 bits per heavy atom. The molecule has 124 valence electrons. The summed E-state index contributed by atoms with van der Waals surface area (Å²) in [6.07, 6.45) is 8.79. The number of carbonyl (C=O) groups is 1. The highest BCUT2D eigenvalue weighted by atomic mass is 16.4. The maximum Gasteiger partial charge on any atom is 0.335 e. The lowest BCUT2D eigenvalue weighted by Gasteiger charge is -2.12. The normalized spacial score (nSPS) is 12.1. The minimum atomic E-state index is -0.916. The highest BCUT2D eigenvalue weighted by Gasteiger charge is 2.05. The molecule has 1 atom stereocenters. The lowest BCUT2D eigenvalue weighted by atomic mass is 10.1. The number of carboxylic acid groups (broad SMARTS) is 1. The lowest BCUT2D eigenvalue weighted by Crippen LogP contribution is -2.13. The van der Waals surface area contributed by atoms with E-state index in [1.54, 1.807) is 24.3 Å². The standard InChI is InChI=1S/C18H29NO3/c1-2-3-4-5-6-7-8-17(20)13-14-19-16-11-9-15(10-12-16)18(21)22/h9-12,17,19-20H,2-8,13-14H2,1H3,(H,21,22). The molecule has 3 N–H and O–H groups in total. The average Bonchev–Trinajstić information content (AvgIpc) is 2.51. The monoisotopic (exact) mass is 307 g/mol. The molecule has 0 fully saturated rings. The van der Waals surface area contributed by atoms with E-state index in [4.69, 9.17) is 5.11 Å². The smallest absolute Gasteiger partial charge is 0.335 e. The number of anilines is 1. The van der Waals surface area contributed by atoms with Crippen molar-refractivity contribution in [3.8, 4) is 0 Å². The van der Waals surface area contributed by atoms with Crippen LogP contribution in [0.1, 0.15) is 68.6 Å². The van der Waals surface area contributed by atoms with Gasteiger partial charge < -0.3 is 15.5 Å². The molecular weight excluding hydrogens is 278 g/mol. The first kappa shape index (κ1) is 18.5. The van der Waals surface area contributed by atoms with Crippen molar-refractivity contribution in [2.24, 2.45) is 0 Å². The van der Waals surface area contributed by atoms with Gasteiger partial charge in [0, 0.05) is 12.2 Å². The Labute approximate surface area is 133 Å². The van der Waals surface area contributed by atoms with Gasteiger partial charge in [-0.1, -0.05) is 45.4 Å². The van der Waals surface area contributed by atoms with E-state index in [0.29, 0.717) is 6.54 Å². The minimum Gasteiger partial charge on any atom is -0.478 e. The third kappa shape index (κ3) is 8.03. The number of hydrogen-bond acceptors (Lipinski definition) is 3. The predicted octanol–water partition coefficient (Wildman–Crippen LogP) is 4.30. The molecule has 4 nitrogen and oxygen atoms in total. The SMILES string of the molecule is CCCCCCCCC(O)CCNc1ccc(C(=O)O)cc1. The molecule has 22 heavy (non-hydrogen) atoms. The van der Waals surface area contributed by atoms with Crippen LogP contribution < -0.4 is 5.32 Å². The third-order valence-electron chi connectivity index (χ3n) is 3.83. The molecule has 0 aromatic heterocycles. The lowest BCUT2D eigenvalue weighted by molar-refractivity contribution is 0.0697. The van der Waals surface area contributed by atoms with Gasteiger partial charge in [-0.15, -0.1) is 0 Å². The van der Waals surface area contributed by atoms with Crippen LogP contribution >= 0.6 is 0 Å². The van der Waals surface area contributed by atoms with Crippen molar-refractivity contribution in [2.45, 2.75) is 64.4 Å². The summed E-state index contributed by atoms with van der Waals surface area (Å²) in [5, 5.41) is 22.0. The first-order valence-electron chi connectivity index (χ1n) is 8.38. The van der Waals surface area contributed by atoms with Crippen molar-refractivity contribution < 1.29 is 15.0 Å². The van der Waals surface area contributed by atoms with Gasteiger partial charge in [0.05, 0.1) is 11.7 Å². The molecule has 0 saturated heterocycles. The largest absolute Gasteiger partial charge is 0.478 e. The Balaban J connectivity index is 2.09. The number of nitrogens with one attached hydrogen (secondary N) is 1. The second-order valence-electron chi connectivity index (χ2n) is 5.81. The Bertz CT molecular complexity index is 417. The van der Waals surface area contributed by atoms with Crippen LogP contribution in [0, 0.1) is 0 Å². The number of aliphatic hydroxyl groups excluding tert-OH is 1. The number of aromatic carboxylic acids is 1. The quantitative estimate of drug-likeness (QED) is 0.504. The molecule has 1 rings (SSSR count). The Hall–Kier alpha value is -1.55. The molecule has 0 bridgehead atoms. The molecule has 0 saturated carbocycles. The van der Waals surface area contributed by atoms with E-state index in [0.717, 1.165) is 24.9 Å². The van der Waals surface area contributed by atoms with E-state index in [1.165, 1.54) is 32.1 Å². The Morgan fingerprint density at radius 3 is 2.32 bits per heavy atom. The molecule has 0 spiro atoms. The summed E-state index contributed by atoms with van der Waals surface area (Å²) in [6, 6.07) is 6.67. The van der Waals surface area contributed by atoms with Crippen LogP contribution in [-0.2, 0) is 0 Å². The first-order chi connectivity index (χ1) is 10.6. The number of unbranched alkanes of at least 4 members (excludes halogenated alkanes) is 5. The molecule has 1 aromatic carbocycles. The molecule has 0 aliphatic carbocycles. The van der Waals surface area contributed by atoms with Crippen molar-refractivity contribution in [3.05, 3.63) is 29.8 Å². The minimum absolute atomic E-state index is 0.253. The van der Waals surface area contributed by atoms with Crippen LogP contribution in [0.5, 0.6) is 0 Å². The molecular formula is C18H29NO3. The third-order valence-corrected chi connectivity index (χ3v) is 3.83. The molecule has 1 unspecified atom stereocenters. The van der Waals surface area contributed by atoms with Gasteiger partial charge in [0.2, 0.25) is 0 Å². The zero-order valence-electron chi connectivity index (χ0n) is 13.6. The van der Waals surface area contributed by atoms with E-state index in [1.807, 2.05) is 0 Å². The fourth-order valence-electron chi connectivity index (χ4n) is 2.42. The number of benzene rings is 1. The van der Waals surface area contributed by atoms with Crippen LogP contribution in [0.25, 0.3) is 0 Å². The zero-order chi connectivity index (χ0) is 16.2. The van der Waals surface area contributed by atoms with Crippen molar-refractivity contribution in [2.75, 3.05) is 11.9 Å². The van der Waals surface area contributed by atoms with Crippen LogP contribution in [0.15, 0.2) is 24.3 Å². The summed E-state index contributed by atoms with van der Waals surface area (Å²) in [6.45, 7) is 2.91. The summed E-state index contributed by atoms with van der Waals surface area (Å²) in [5.41, 5.74) is 1.17. The number of carboxylic acids is 1. The van der Waals surface area contributed by atoms with Crippen LogP contribution in [0.2, 0.25) is 0 Å². The van der Waals surface area contributed by atoms with E-state index in [9.17, 15) is 9.90 Å². The summed E-state index contributed by atoms with van der Waals surface area (Å²) < 4.78 is 0. The number of hydrogen-bond donors (Lipinski definition) is 3. The molecule has 1 aromatic rings. The van der Waals surface area contributed by atoms with Crippen LogP contribution in [0.4, 0.5) is 5.69 Å². The highest BCUT2D eigenvalue weighted by molar-refractivity contribution is 5.87. The van der Waals surface area contributed by atoms with Gasteiger partial charge in [-0.25, -0.2) is 4.79 Å². The summed E-state index contributed by atoms with van der Waals surface area (Å²) >= 11 is 0. The molecule has 0 aliphatic heterocycles. The van der Waals surface area contributed by atoms with Gasteiger partial charge in [-0.3, -0.25) is 0 Å². The van der Waals surface area contributed by atoms with E-state index < -0.39 is 5.97 Å². The highest BCUT2D eigenvalue weighted by Crippen LogP contribution is 2.12. The fourth-order valence-corrected chi connectivity index (χ4v) is 2.42. The van der Waals surface area contributed by atoms with Crippen molar-refractivity contribution in [3.63, 3.8) is 0 Å². The Kier molecular flexibility index (Phi) is 9.31. The summed E-state index contributed by atoms with van der Waals surface area (Å²) in [7, 11) is 0. The maximum absolute atomic E-state index is 10.7. The zero-order valence-corrected chi connectivity index (χ0v) is 13.6. The van der Waals surface area contributed by atoms with Gasteiger partial charge in [-0.2, -0.15) is 0 Å². The summed E-state index contributed by atoms with van der Waals surface area (Å²) in [4.78, 5) is 10.7. The predicted molar refractivity (Wildman–Crippen MR) is 90.5 cm³/mol. The molecule has 4 heteroatoms. The number of aliphatic hydroxyl groups is 1. The Morgan fingerprint density at radius 2 is 1.68 bits per heavy atom. The second kappa shape index (κ2) is 11.1. The van der Waals surface area contributed by atoms with Crippen molar-refractivity contribution in [1.82, 2.24) is 0 Å². The van der Waals surface area contributed by atoms with E-state index >= 15 is 0 Å². The van der Waals surface area contributed by atoms with Crippen LogP contribution in [0.3, 0.4) is 0 Å². The topological polar surface area (TPSA) is 69.6 Å². The van der Waals surface area contributed by atoms with Gasteiger partial charge in [0.25, 0.3) is 0 Å². The van der Waals surface area contributed by atoms with Crippen LogP contribution in [-0.4, -0.2) is 28.8 Å². The van der Waals surface area contributed by atoms with E-state index in [2.05, 4.69) is 12.2 Å². The summed E-state index contributed by atoms with van der Waals surface area (Å²) in [5.74, 6) is -0.916. The average molecular weight is 307 g/mol. The first-order valence-corrected chi connectivity index (χ1v) is 8.38. The number of rotatable bonds is 12. The second-order valence-corrected chi connectivity index (χ2v) is 5.81. The molecule has 0 amide bonds. The van der Waals surface area contributed by atoms with Gasteiger partial charge >= 0.3 is 5.97 Å². The molecule has 0 radical (unpaired) electrons. The van der Waals surface area contributed by atoms with Crippen molar-refractivity contribution in [1.29, 1.82) is 0 Å². The van der Waals surface area contributed by atoms with Crippen molar-refractivity contribution >= 4 is 11.7 Å². The molecule has 0 aliphatic rings. The van der Waals surface area contributed by atoms with Gasteiger partial charge in [-0.05, 0) is 37.1 Å². The van der Waals surface area contributed by atoms with Gasteiger partial charge in [0.1, 0.15) is 0 Å². The fraction of sp³-hybridized carbons (Fsp3) is 0.611.